The van der Waals surface area contributed by atoms with Crippen molar-refractivity contribution in [3.8, 4) is 0 Å². The van der Waals surface area contributed by atoms with Gasteiger partial charge in [-0.2, -0.15) is 0 Å². The van der Waals surface area contributed by atoms with Crippen LogP contribution in [0.15, 0.2) is 24.3 Å². The molecule has 0 bridgehead atoms. The molecular weight excluding hydrogens is 326 g/mol. The van der Waals surface area contributed by atoms with Crippen LogP contribution in [0.5, 0.6) is 0 Å². The maximum absolute atomic E-state index is 12.3. The number of sulfone groups is 1. The highest BCUT2D eigenvalue weighted by atomic mass is 32.2. The number of para-hydroxylation sites is 2. The van der Waals surface area contributed by atoms with Crippen LogP contribution in [0.25, 0.3) is 11.0 Å². The third-order valence-electron chi connectivity index (χ3n) is 4.57. The summed E-state index contributed by atoms with van der Waals surface area (Å²) in [5, 5.41) is 2.97. The number of carbonyl (C=O) groups is 1. The van der Waals surface area contributed by atoms with E-state index in [1.54, 1.807) is 0 Å². The van der Waals surface area contributed by atoms with E-state index in [1.807, 2.05) is 31.2 Å². The Morgan fingerprint density at radius 2 is 2.17 bits per heavy atom. The molecule has 1 aromatic carbocycles. The van der Waals surface area contributed by atoms with Gasteiger partial charge in [0, 0.05) is 13.0 Å². The number of imidazole rings is 1. The maximum Gasteiger partial charge on any atom is 0.220 e. The monoisotopic (exact) mass is 349 g/mol. The minimum atomic E-state index is -2.95. The first kappa shape index (κ1) is 17.0. The van der Waals surface area contributed by atoms with Crippen LogP contribution in [-0.2, 0) is 21.2 Å². The standard InChI is InChI=1S/C17H23N3O3S/c1-3-20-15-7-5-4-6-14(15)19-17(20)12(2)18-16(21)10-13-8-9-24(22,23)11-13/h4-7,12-13H,3,8-11H2,1-2H3,(H,18,21)/t12-,13+/m1/s1. The van der Waals surface area contributed by atoms with Crippen molar-refractivity contribution in [1.82, 2.24) is 14.9 Å². The van der Waals surface area contributed by atoms with Crippen molar-refractivity contribution < 1.29 is 13.2 Å². The summed E-state index contributed by atoms with van der Waals surface area (Å²) in [4.78, 5) is 16.9. The van der Waals surface area contributed by atoms with Crippen molar-refractivity contribution in [2.75, 3.05) is 11.5 Å². The molecule has 130 valence electrons. The van der Waals surface area contributed by atoms with Crippen LogP contribution in [0, 0.1) is 5.92 Å². The maximum atomic E-state index is 12.3. The fourth-order valence-corrected chi connectivity index (χ4v) is 5.28. The molecule has 0 aliphatic carbocycles. The molecule has 0 radical (unpaired) electrons. The fraction of sp³-hybridized carbons (Fsp3) is 0.529. The minimum Gasteiger partial charge on any atom is -0.346 e. The zero-order chi connectivity index (χ0) is 17.3. The molecule has 1 saturated heterocycles. The molecule has 7 heteroatoms. The number of fused-ring (bicyclic) bond motifs is 1. The number of hydrogen-bond donors (Lipinski definition) is 1. The molecular formula is C17H23N3O3S. The molecule has 24 heavy (non-hydrogen) atoms. The predicted molar refractivity (Wildman–Crippen MR) is 93.3 cm³/mol. The average molecular weight is 349 g/mol. The first-order valence-corrected chi connectivity index (χ1v) is 10.2. The van der Waals surface area contributed by atoms with Crippen molar-refractivity contribution in [3.63, 3.8) is 0 Å². The number of aryl methyl sites for hydroxylation is 1. The van der Waals surface area contributed by atoms with Gasteiger partial charge in [-0.25, -0.2) is 13.4 Å². The van der Waals surface area contributed by atoms with E-state index in [-0.39, 0.29) is 35.8 Å². The van der Waals surface area contributed by atoms with Gasteiger partial charge in [-0.3, -0.25) is 4.79 Å². The summed E-state index contributed by atoms with van der Waals surface area (Å²) in [6.07, 6.45) is 0.841. The van der Waals surface area contributed by atoms with E-state index in [4.69, 9.17) is 0 Å². The van der Waals surface area contributed by atoms with Gasteiger partial charge in [-0.1, -0.05) is 12.1 Å². The van der Waals surface area contributed by atoms with Crippen molar-refractivity contribution >= 4 is 26.8 Å². The van der Waals surface area contributed by atoms with Gasteiger partial charge in [0.05, 0.1) is 28.6 Å². The summed E-state index contributed by atoms with van der Waals surface area (Å²) in [6, 6.07) is 7.69. The first-order valence-electron chi connectivity index (χ1n) is 8.34. The second-order valence-corrected chi connectivity index (χ2v) is 8.69. The number of hydrogen-bond acceptors (Lipinski definition) is 4. The molecule has 6 nitrogen and oxygen atoms in total. The van der Waals surface area contributed by atoms with E-state index in [1.165, 1.54) is 0 Å². The van der Waals surface area contributed by atoms with Gasteiger partial charge in [0.1, 0.15) is 5.82 Å². The summed E-state index contributed by atoms with van der Waals surface area (Å²) in [5.74, 6) is 0.978. The van der Waals surface area contributed by atoms with Crippen LogP contribution in [0.3, 0.4) is 0 Å². The van der Waals surface area contributed by atoms with E-state index in [0.29, 0.717) is 6.42 Å². The molecule has 1 aliphatic heterocycles. The van der Waals surface area contributed by atoms with Gasteiger partial charge >= 0.3 is 0 Å². The van der Waals surface area contributed by atoms with Gasteiger partial charge in [-0.15, -0.1) is 0 Å². The predicted octanol–water partition coefficient (Wildman–Crippen LogP) is 2.06. The zero-order valence-corrected chi connectivity index (χ0v) is 14.8. The van der Waals surface area contributed by atoms with E-state index >= 15 is 0 Å². The normalized spacial score (nSPS) is 21.0. The van der Waals surface area contributed by atoms with Crippen LogP contribution in [-0.4, -0.2) is 35.4 Å². The molecule has 1 aliphatic rings. The number of carbonyl (C=O) groups excluding carboxylic acids is 1. The lowest BCUT2D eigenvalue weighted by Crippen LogP contribution is -2.30. The van der Waals surface area contributed by atoms with Gasteiger partial charge in [0.25, 0.3) is 0 Å². The van der Waals surface area contributed by atoms with Crippen molar-refractivity contribution in [1.29, 1.82) is 0 Å². The Kier molecular flexibility index (Phi) is 4.62. The van der Waals surface area contributed by atoms with Gasteiger partial charge in [-0.05, 0) is 38.3 Å². The zero-order valence-electron chi connectivity index (χ0n) is 14.0. The molecule has 1 fully saturated rings. The van der Waals surface area contributed by atoms with E-state index in [0.717, 1.165) is 23.4 Å². The summed E-state index contributed by atoms with van der Waals surface area (Å²) in [5.41, 5.74) is 1.97. The van der Waals surface area contributed by atoms with Gasteiger partial charge < -0.3 is 9.88 Å². The van der Waals surface area contributed by atoms with Crippen LogP contribution in [0.4, 0.5) is 0 Å². The average Bonchev–Trinajstić information content (AvgIpc) is 3.06. The summed E-state index contributed by atoms with van der Waals surface area (Å²) in [7, 11) is -2.95. The Labute approximate surface area is 142 Å². The fourth-order valence-electron chi connectivity index (χ4n) is 3.42. The van der Waals surface area contributed by atoms with E-state index in [2.05, 4.69) is 21.8 Å². The SMILES string of the molecule is CCn1c([C@@H](C)NC(=O)C[C@@H]2CCS(=O)(=O)C2)nc2ccccc21. The summed E-state index contributed by atoms with van der Waals surface area (Å²) < 4.78 is 25.1. The highest BCUT2D eigenvalue weighted by molar-refractivity contribution is 7.91. The summed E-state index contributed by atoms with van der Waals surface area (Å²) >= 11 is 0. The topological polar surface area (TPSA) is 81.1 Å². The number of aromatic nitrogens is 2. The van der Waals surface area contributed by atoms with E-state index < -0.39 is 9.84 Å². The molecule has 1 amide bonds. The van der Waals surface area contributed by atoms with Crippen LogP contribution in [0.2, 0.25) is 0 Å². The Balaban J connectivity index is 1.71. The largest absolute Gasteiger partial charge is 0.346 e. The van der Waals surface area contributed by atoms with Gasteiger partial charge in [0.15, 0.2) is 9.84 Å². The third kappa shape index (κ3) is 3.45. The second kappa shape index (κ2) is 6.55. The number of rotatable bonds is 5. The Bertz CT molecular complexity index is 857. The number of benzene rings is 1. The number of nitrogens with one attached hydrogen (secondary N) is 1. The molecule has 1 N–H and O–H groups in total. The Hall–Kier alpha value is -1.89. The number of nitrogens with zero attached hydrogens (tertiary/aromatic N) is 2. The summed E-state index contributed by atoms with van der Waals surface area (Å²) in [6.45, 7) is 4.74. The second-order valence-electron chi connectivity index (χ2n) is 6.47. The lowest BCUT2D eigenvalue weighted by Gasteiger charge is -2.16. The van der Waals surface area contributed by atoms with Gasteiger partial charge in [0.2, 0.25) is 5.91 Å². The molecule has 2 atom stereocenters. The quantitative estimate of drug-likeness (QED) is 0.896. The highest BCUT2D eigenvalue weighted by Crippen LogP contribution is 2.23. The smallest absolute Gasteiger partial charge is 0.220 e. The lowest BCUT2D eigenvalue weighted by atomic mass is 10.0. The van der Waals surface area contributed by atoms with Crippen LogP contribution >= 0.6 is 0 Å². The minimum absolute atomic E-state index is 0.0628. The highest BCUT2D eigenvalue weighted by Gasteiger charge is 2.30. The van der Waals surface area contributed by atoms with Crippen LogP contribution in [0.1, 0.15) is 38.6 Å². The molecule has 1 aromatic heterocycles. The van der Waals surface area contributed by atoms with Crippen molar-refractivity contribution in [2.24, 2.45) is 5.92 Å². The van der Waals surface area contributed by atoms with Crippen LogP contribution < -0.4 is 5.32 Å². The Morgan fingerprint density at radius 3 is 2.83 bits per heavy atom. The molecule has 0 unspecified atom stereocenters. The van der Waals surface area contributed by atoms with E-state index in [9.17, 15) is 13.2 Å². The first-order chi connectivity index (χ1) is 11.4. The number of amides is 1. The molecule has 0 saturated carbocycles. The molecule has 0 spiro atoms. The Morgan fingerprint density at radius 1 is 1.42 bits per heavy atom. The third-order valence-corrected chi connectivity index (χ3v) is 6.40. The molecule has 3 rings (SSSR count). The molecule has 2 aromatic rings. The lowest BCUT2D eigenvalue weighted by molar-refractivity contribution is -0.122. The van der Waals surface area contributed by atoms with Crippen molar-refractivity contribution in [2.45, 2.75) is 39.3 Å². The van der Waals surface area contributed by atoms with Crippen molar-refractivity contribution in [3.05, 3.63) is 30.1 Å². The molecule has 2 heterocycles.